The number of rotatable bonds is 8. The molecule has 4 rings (SSSR count). The number of hydrogen-bond donors (Lipinski definition) is 1. The molecule has 2 atom stereocenters. The van der Waals surface area contributed by atoms with Crippen LogP contribution in [-0.2, 0) is 19.1 Å². The molecule has 2 aromatic heterocycles. The molecule has 2 unspecified atom stereocenters. The van der Waals surface area contributed by atoms with Crippen molar-refractivity contribution in [1.29, 1.82) is 0 Å². The Balaban J connectivity index is 1.43. The summed E-state index contributed by atoms with van der Waals surface area (Å²) in [5.74, 6) is -0.686. The molecule has 176 valence electrons. The number of nitrogens with one attached hydrogen (secondary N) is 1. The van der Waals surface area contributed by atoms with Crippen molar-refractivity contribution in [3.05, 3.63) is 81.9 Å². The van der Waals surface area contributed by atoms with Crippen LogP contribution < -0.4 is 5.32 Å². The zero-order chi connectivity index (χ0) is 24.1. The first kappa shape index (κ1) is 23.4. The number of carbonyl (C=O) groups is 3. The van der Waals surface area contributed by atoms with E-state index in [2.05, 4.69) is 10.4 Å². The number of esters is 1. The second-order valence-electron chi connectivity index (χ2n) is 8.02. The molecule has 0 aliphatic carbocycles. The number of amides is 2. The van der Waals surface area contributed by atoms with Gasteiger partial charge in [0, 0.05) is 18.2 Å². The molecule has 8 nitrogen and oxygen atoms in total. The monoisotopic (exact) mass is 479 g/mol. The van der Waals surface area contributed by atoms with Gasteiger partial charge in [-0.3, -0.25) is 14.4 Å². The summed E-state index contributed by atoms with van der Waals surface area (Å²) >= 11 is 1.43. The smallest absolute Gasteiger partial charge is 0.308 e. The highest BCUT2D eigenvalue weighted by Crippen LogP contribution is 2.33. The van der Waals surface area contributed by atoms with Crippen LogP contribution in [0.2, 0.25) is 0 Å². The maximum absolute atomic E-state index is 13.0. The molecule has 0 bridgehead atoms. The highest BCUT2D eigenvalue weighted by atomic mass is 32.1. The van der Waals surface area contributed by atoms with E-state index in [1.807, 2.05) is 48.7 Å². The first-order valence-corrected chi connectivity index (χ1v) is 11.7. The Morgan fingerprint density at radius 1 is 1.21 bits per heavy atom. The predicted molar refractivity (Wildman–Crippen MR) is 127 cm³/mol. The number of aryl methyl sites for hydroxylation is 1. The van der Waals surface area contributed by atoms with Crippen LogP contribution in [0.1, 0.15) is 53.6 Å². The van der Waals surface area contributed by atoms with Gasteiger partial charge in [-0.05, 0) is 36.1 Å². The van der Waals surface area contributed by atoms with Gasteiger partial charge in [-0.15, -0.1) is 11.3 Å². The molecule has 2 amide bonds. The van der Waals surface area contributed by atoms with Gasteiger partial charge in [0.05, 0.1) is 24.4 Å². The standard InChI is InChI=1S/C25H25N3O5S/c1-16-7-9-18(10-8-16)19-13-21(22-5-3-11-32-22)28(27-19)24(30)15-33-25(31)14-20(26-17(2)29)23-6-4-12-34-23/h3-12,20-21H,13-15H2,1-2H3,(H,26,29). The van der Waals surface area contributed by atoms with Gasteiger partial charge in [-0.1, -0.05) is 35.9 Å². The molecule has 3 aromatic rings. The fourth-order valence-corrected chi connectivity index (χ4v) is 4.53. The molecule has 0 saturated heterocycles. The summed E-state index contributed by atoms with van der Waals surface area (Å²) in [6, 6.07) is 14.2. The molecule has 1 aliphatic heterocycles. The molecular formula is C25H25N3O5S. The molecule has 0 spiro atoms. The normalized spacial score (nSPS) is 16.1. The van der Waals surface area contributed by atoms with Gasteiger partial charge in [-0.2, -0.15) is 5.10 Å². The van der Waals surface area contributed by atoms with Gasteiger partial charge in [0.25, 0.3) is 5.91 Å². The minimum atomic E-state index is -0.586. The maximum Gasteiger partial charge on any atom is 0.308 e. The Hall–Kier alpha value is -3.72. The van der Waals surface area contributed by atoms with E-state index in [1.54, 1.807) is 18.4 Å². The summed E-state index contributed by atoms with van der Waals surface area (Å²) in [5.41, 5.74) is 2.80. The number of furan rings is 1. The topological polar surface area (TPSA) is 101 Å². The first-order valence-electron chi connectivity index (χ1n) is 10.9. The number of nitrogens with zero attached hydrogens (tertiary/aromatic N) is 2. The summed E-state index contributed by atoms with van der Waals surface area (Å²) in [6.45, 7) is 2.93. The number of ether oxygens (including phenoxy) is 1. The zero-order valence-corrected chi connectivity index (χ0v) is 19.7. The molecule has 1 aromatic carbocycles. The Bertz CT molecular complexity index is 1170. The summed E-state index contributed by atoms with van der Waals surface area (Å²) in [5, 5.41) is 10.5. The van der Waals surface area contributed by atoms with Crippen LogP contribution in [-0.4, -0.2) is 35.1 Å². The van der Waals surface area contributed by atoms with Gasteiger partial charge >= 0.3 is 5.97 Å². The molecular weight excluding hydrogens is 454 g/mol. The van der Waals surface area contributed by atoms with Gasteiger partial charge < -0.3 is 14.5 Å². The van der Waals surface area contributed by atoms with E-state index in [1.165, 1.54) is 23.3 Å². The molecule has 1 aliphatic rings. The third-order valence-corrected chi connectivity index (χ3v) is 6.40. The van der Waals surface area contributed by atoms with Crippen LogP contribution in [0.15, 0.2) is 69.7 Å². The minimum absolute atomic E-state index is 0.0765. The highest BCUT2D eigenvalue weighted by Gasteiger charge is 2.35. The van der Waals surface area contributed by atoms with Crippen molar-refractivity contribution in [2.45, 2.75) is 38.8 Å². The first-order chi connectivity index (χ1) is 16.4. The van der Waals surface area contributed by atoms with E-state index >= 15 is 0 Å². The zero-order valence-electron chi connectivity index (χ0n) is 18.9. The lowest BCUT2D eigenvalue weighted by Crippen LogP contribution is -2.32. The van der Waals surface area contributed by atoms with E-state index in [-0.39, 0.29) is 12.3 Å². The van der Waals surface area contributed by atoms with E-state index in [0.717, 1.165) is 21.7 Å². The van der Waals surface area contributed by atoms with Crippen molar-refractivity contribution in [2.75, 3.05) is 6.61 Å². The van der Waals surface area contributed by atoms with Crippen molar-refractivity contribution in [3.63, 3.8) is 0 Å². The summed E-state index contributed by atoms with van der Waals surface area (Å²) in [4.78, 5) is 37.9. The fourth-order valence-electron chi connectivity index (χ4n) is 3.75. The van der Waals surface area contributed by atoms with Crippen LogP contribution >= 0.6 is 11.3 Å². The Kier molecular flexibility index (Phi) is 7.22. The largest absolute Gasteiger partial charge is 0.467 e. The molecule has 0 fully saturated rings. The van der Waals surface area contributed by atoms with Gasteiger partial charge in [0.1, 0.15) is 11.8 Å². The Morgan fingerprint density at radius 3 is 2.65 bits per heavy atom. The van der Waals surface area contributed by atoms with E-state index in [4.69, 9.17) is 9.15 Å². The van der Waals surface area contributed by atoms with Gasteiger partial charge in [0.2, 0.25) is 5.91 Å². The number of hydrazone groups is 1. The van der Waals surface area contributed by atoms with Crippen LogP contribution in [0, 0.1) is 6.92 Å². The lowest BCUT2D eigenvalue weighted by molar-refractivity contribution is -0.153. The van der Waals surface area contributed by atoms with Crippen molar-refractivity contribution < 1.29 is 23.5 Å². The quantitative estimate of drug-likeness (QED) is 0.490. The van der Waals surface area contributed by atoms with Crippen LogP contribution in [0.5, 0.6) is 0 Å². The third-order valence-electron chi connectivity index (χ3n) is 5.41. The summed E-state index contributed by atoms with van der Waals surface area (Å²) < 4.78 is 10.8. The van der Waals surface area contributed by atoms with Gasteiger partial charge in [0.15, 0.2) is 6.61 Å². The highest BCUT2D eigenvalue weighted by molar-refractivity contribution is 7.10. The Labute approximate surface area is 201 Å². The SMILES string of the molecule is CC(=O)NC(CC(=O)OCC(=O)N1N=C(c2ccc(C)cc2)CC1c1ccco1)c1cccs1. The average Bonchev–Trinajstić information content (AvgIpc) is 3.58. The second kappa shape index (κ2) is 10.5. The molecule has 9 heteroatoms. The lowest BCUT2D eigenvalue weighted by atomic mass is 10.0. The van der Waals surface area contributed by atoms with Crippen molar-refractivity contribution >= 4 is 34.8 Å². The summed E-state index contributed by atoms with van der Waals surface area (Å²) in [7, 11) is 0. The third kappa shape index (κ3) is 5.60. The maximum atomic E-state index is 13.0. The van der Waals surface area contributed by atoms with Crippen molar-refractivity contribution in [2.24, 2.45) is 5.10 Å². The summed E-state index contributed by atoms with van der Waals surface area (Å²) in [6.07, 6.45) is 1.96. The molecule has 3 heterocycles. The number of thiophene rings is 1. The minimum Gasteiger partial charge on any atom is -0.467 e. The number of carbonyl (C=O) groups excluding carboxylic acids is 3. The van der Waals surface area contributed by atoms with E-state index in [9.17, 15) is 14.4 Å². The van der Waals surface area contributed by atoms with E-state index in [0.29, 0.717) is 12.2 Å². The lowest BCUT2D eigenvalue weighted by Gasteiger charge is -2.20. The molecule has 0 radical (unpaired) electrons. The van der Waals surface area contributed by atoms with Crippen molar-refractivity contribution in [3.8, 4) is 0 Å². The van der Waals surface area contributed by atoms with Crippen LogP contribution in [0.25, 0.3) is 0 Å². The number of benzene rings is 1. The van der Waals surface area contributed by atoms with Crippen LogP contribution in [0.4, 0.5) is 0 Å². The average molecular weight is 480 g/mol. The molecule has 0 saturated carbocycles. The van der Waals surface area contributed by atoms with Crippen molar-refractivity contribution in [1.82, 2.24) is 10.3 Å². The van der Waals surface area contributed by atoms with Gasteiger partial charge in [-0.25, -0.2) is 5.01 Å². The molecule has 34 heavy (non-hydrogen) atoms. The fraction of sp³-hybridized carbons (Fsp3) is 0.280. The second-order valence-corrected chi connectivity index (χ2v) is 9.00. The molecule has 1 N–H and O–H groups in total. The Morgan fingerprint density at radius 2 is 2.00 bits per heavy atom. The number of hydrogen-bond acceptors (Lipinski definition) is 7. The van der Waals surface area contributed by atoms with E-state index < -0.39 is 30.6 Å². The predicted octanol–water partition coefficient (Wildman–Crippen LogP) is 4.14. The van der Waals surface area contributed by atoms with Crippen LogP contribution in [0.3, 0.4) is 0 Å².